The van der Waals surface area contributed by atoms with Crippen molar-refractivity contribution in [1.29, 1.82) is 0 Å². The molecular weight excluding hydrogens is 398 g/mol. The first kappa shape index (κ1) is 23.6. The van der Waals surface area contributed by atoms with Crippen LogP contribution in [0.3, 0.4) is 0 Å². The van der Waals surface area contributed by atoms with Gasteiger partial charge in [-0.2, -0.15) is 0 Å². The van der Waals surface area contributed by atoms with E-state index in [0.717, 1.165) is 5.56 Å². The van der Waals surface area contributed by atoms with Gasteiger partial charge >= 0.3 is 12.0 Å². The summed E-state index contributed by atoms with van der Waals surface area (Å²) in [5.41, 5.74) is 1.18. The predicted octanol–water partition coefficient (Wildman–Crippen LogP) is 2.71. The predicted molar refractivity (Wildman–Crippen MR) is 115 cm³/mol. The van der Waals surface area contributed by atoms with Gasteiger partial charge in [0.05, 0.1) is 12.5 Å². The van der Waals surface area contributed by atoms with E-state index in [9.17, 15) is 19.2 Å². The van der Waals surface area contributed by atoms with Crippen molar-refractivity contribution >= 4 is 23.8 Å². The first-order valence-electron chi connectivity index (χ1n) is 9.98. The summed E-state index contributed by atoms with van der Waals surface area (Å²) < 4.78 is 5.18. The quantitative estimate of drug-likeness (QED) is 0.563. The molecule has 8 heteroatoms. The molecule has 0 aliphatic carbocycles. The lowest BCUT2D eigenvalue weighted by atomic mass is 10.0. The molecule has 2 atom stereocenters. The number of rotatable bonds is 8. The Bertz CT molecular complexity index is 900. The number of benzene rings is 2. The van der Waals surface area contributed by atoms with Gasteiger partial charge in [0.25, 0.3) is 11.8 Å². The molecule has 0 spiro atoms. The van der Waals surface area contributed by atoms with Crippen LogP contribution >= 0.6 is 0 Å². The molecule has 164 valence electrons. The minimum absolute atomic E-state index is 0.148. The Labute approximate surface area is 181 Å². The summed E-state index contributed by atoms with van der Waals surface area (Å²) in [6.07, 6.45) is -1.36. The molecular formula is C23H27N3O5. The van der Waals surface area contributed by atoms with Crippen LogP contribution < -0.4 is 16.0 Å². The molecule has 2 rings (SSSR count). The van der Waals surface area contributed by atoms with Gasteiger partial charge in [-0.3, -0.25) is 19.7 Å². The summed E-state index contributed by atoms with van der Waals surface area (Å²) in [6, 6.07) is 16.2. The van der Waals surface area contributed by atoms with Crippen molar-refractivity contribution in [3.63, 3.8) is 0 Å². The maximum absolute atomic E-state index is 12.6. The van der Waals surface area contributed by atoms with Gasteiger partial charge in [0.2, 0.25) is 0 Å². The average molecular weight is 425 g/mol. The fourth-order valence-electron chi connectivity index (χ4n) is 2.75. The number of urea groups is 1. The zero-order valence-electron chi connectivity index (χ0n) is 17.8. The summed E-state index contributed by atoms with van der Waals surface area (Å²) in [5, 5.41) is 7.47. The SMILES string of the molecule is CC(C)NC(=O)NC(=O)[C@@H](C)OC(=O)C[C@@H](NC(=O)c1ccccc1)c1ccccc1. The molecule has 0 aliphatic heterocycles. The first-order chi connectivity index (χ1) is 14.8. The molecule has 2 aromatic rings. The number of imide groups is 1. The third kappa shape index (κ3) is 7.93. The average Bonchev–Trinajstić information content (AvgIpc) is 2.73. The van der Waals surface area contributed by atoms with Crippen LogP contribution in [-0.2, 0) is 14.3 Å². The highest BCUT2D eigenvalue weighted by Crippen LogP contribution is 2.18. The van der Waals surface area contributed by atoms with Gasteiger partial charge in [0, 0.05) is 11.6 Å². The van der Waals surface area contributed by atoms with Crippen molar-refractivity contribution in [2.45, 2.75) is 45.4 Å². The molecule has 3 N–H and O–H groups in total. The van der Waals surface area contributed by atoms with Crippen LogP contribution in [-0.4, -0.2) is 36.0 Å². The Morgan fingerprint density at radius 3 is 2.00 bits per heavy atom. The van der Waals surface area contributed by atoms with Gasteiger partial charge in [-0.1, -0.05) is 48.5 Å². The van der Waals surface area contributed by atoms with Gasteiger partial charge in [-0.15, -0.1) is 0 Å². The summed E-state index contributed by atoms with van der Waals surface area (Å²) in [4.78, 5) is 48.8. The van der Waals surface area contributed by atoms with E-state index < -0.39 is 30.1 Å². The minimum atomic E-state index is -1.17. The van der Waals surface area contributed by atoms with Crippen LogP contribution in [0.5, 0.6) is 0 Å². The number of hydrogen-bond acceptors (Lipinski definition) is 5. The molecule has 0 radical (unpaired) electrons. The van der Waals surface area contributed by atoms with Crippen LogP contribution in [0.2, 0.25) is 0 Å². The van der Waals surface area contributed by atoms with E-state index in [1.807, 2.05) is 6.07 Å². The Hall–Kier alpha value is -3.68. The van der Waals surface area contributed by atoms with Gasteiger partial charge in [-0.05, 0) is 38.5 Å². The van der Waals surface area contributed by atoms with Crippen LogP contribution in [0.4, 0.5) is 4.79 Å². The lowest BCUT2D eigenvalue weighted by Crippen LogP contribution is -2.46. The Kier molecular flexibility index (Phi) is 8.75. The highest BCUT2D eigenvalue weighted by atomic mass is 16.5. The monoisotopic (exact) mass is 425 g/mol. The number of ether oxygens (including phenoxy) is 1. The smallest absolute Gasteiger partial charge is 0.321 e. The molecule has 0 aliphatic rings. The molecule has 0 unspecified atom stereocenters. The molecule has 0 heterocycles. The number of carbonyl (C=O) groups is 4. The van der Waals surface area contributed by atoms with Crippen molar-refractivity contribution in [1.82, 2.24) is 16.0 Å². The summed E-state index contributed by atoms with van der Waals surface area (Å²) >= 11 is 0. The minimum Gasteiger partial charge on any atom is -0.452 e. The van der Waals surface area contributed by atoms with E-state index in [-0.39, 0.29) is 18.4 Å². The zero-order chi connectivity index (χ0) is 22.8. The number of esters is 1. The first-order valence-corrected chi connectivity index (χ1v) is 9.98. The van der Waals surface area contributed by atoms with Crippen molar-refractivity contribution in [3.05, 3.63) is 71.8 Å². The standard InChI is InChI=1S/C23H27N3O5/c1-15(2)24-23(30)26-21(28)16(3)31-20(27)14-19(17-10-6-4-7-11-17)25-22(29)18-12-8-5-9-13-18/h4-13,15-16,19H,14H2,1-3H3,(H,25,29)(H2,24,26,28,30)/t16-,19-/m1/s1. The summed E-state index contributed by atoms with van der Waals surface area (Å²) in [7, 11) is 0. The van der Waals surface area contributed by atoms with Crippen LogP contribution in [0.25, 0.3) is 0 Å². The van der Waals surface area contributed by atoms with Crippen molar-refractivity contribution in [2.24, 2.45) is 0 Å². The lowest BCUT2D eigenvalue weighted by Gasteiger charge is -2.20. The number of nitrogens with one attached hydrogen (secondary N) is 3. The second kappa shape index (κ2) is 11.5. The molecule has 0 aromatic heterocycles. The lowest BCUT2D eigenvalue weighted by molar-refractivity contribution is -0.154. The largest absolute Gasteiger partial charge is 0.452 e. The molecule has 31 heavy (non-hydrogen) atoms. The highest BCUT2D eigenvalue weighted by molar-refractivity contribution is 5.97. The molecule has 0 bridgehead atoms. The molecule has 0 fully saturated rings. The van der Waals surface area contributed by atoms with E-state index in [1.54, 1.807) is 68.4 Å². The molecule has 8 nitrogen and oxygen atoms in total. The third-order valence-electron chi connectivity index (χ3n) is 4.25. The van der Waals surface area contributed by atoms with Gasteiger partial charge < -0.3 is 15.4 Å². The maximum Gasteiger partial charge on any atom is 0.321 e. The molecule has 2 aromatic carbocycles. The normalized spacial score (nSPS) is 12.4. The highest BCUT2D eigenvalue weighted by Gasteiger charge is 2.24. The molecule has 0 saturated heterocycles. The van der Waals surface area contributed by atoms with E-state index in [0.29, 0.717) is 5.56 Å². The fourth-order valence-corrected chi connectivity index (χ4v) is 2.75. The van der Waals surface area contributed by atoms with Crippen LogP contribution in [0, 0.1) is 0 Å². The zero-order valence-corrected chi connectivity index (χ0v) is 17.8. The van der Waals surface area contributed by atoms with Gasteiger partial charge in [-0.25, -0.2) is 4.79 Å². The van der Waals surface area contributed by atoms with Crippen molar-refractivity contribution in [3.8, 4) is 0 Å². The number of carbonyl (C=O) groups excluding carboxylic acids is 4. The second-order valence-electron chi connectivity index (χ2n) is 7.26. The second-order valence-corrected chi connectivity index (χ2v) is 7.26. The maximum atomic E-state index is 12.6. The molecule has 4 amide bonds. The topological polar surface area (TPSA) is 114 Å². The number of amides is 4. The third-order valence-corrected chi connectivity index (χ3v) is 4.25. The fraction of sp³-hybridized carbons (Fsp3) is 0.304. The Morgan fingerprint density at radius 1 is 0.839 bits per heavy atom. The van der Waals surface area contributed by atoms with E-state index in [2.05, 4.69) is 16.0 Å². The number of hydrogen-bond donors (Lipinski definition) is 3. The van der Waals surface area contributed by atoms with Crippen LogP contribution in [0.1, 0.15) is 49.2 Å². The van der Waals surface area contributed by atoms with Crippen molar-refractivity contribution in [2.75, 3.05) is 0 Å². The van der Waals surface area contributed by atoms with Gasteiger partial charge in [0.15, 0.2) is 6.10 Å². The van der Waals surface area contributed by atoms with Gasteiger partial charge in [0.1, 0.15) is 0 Å². The van der Waals surface area contributed by atoms with E-state index in [4.69, 9.17) is 4.74 Å². The van der Waals surface area contributed by atoms with Crippen molar-refractivity contribution < 1.29 is 23.9 Å². The molecule has 0 saturated carbocycles. The van der Waals surface area contributed by atoms with E-state index >= 15 is 0 Å². The van der Waals surface area contributed by atoms with Crippen LogP contribution in [0.15, 0.2) is 60.7 Å². The Balaban J connectivity index is 2.01. The summed E-state index contributed by atoms with van der Waals surface area (Å²) in [6.45, 7) is 4.87. The Morgan fingerprint density at radius 2 is 1.42 bits per heavy atom. The summed E-state index contributed by atoms with van der Waals surface area (Å²) in [5.74, 6) is -1.76. The van der Waals surface area contributed by atoms with E-state index in [1.165, 1.54) is 6.92 Å².